The second kappa shape index (κ2) is 11.9. The number of carbonyl (C=O) groups is 1. The maximum Gasteiger partial charge on any atom is 0.303 e. The molecule has 0 bridgehead atoms. The number of hydrogen-bond acceptors (Lipinski definition) is 4. The molecule has 1 aliphatic heterocycles. The van der Waals surface area contributed by atoms with Crippen LogP contribution < -0.4 is 14.7 Å². The normalized spacial score (nSPS) is 16.6. The maximum absolute atomic E-state index is 11.2. The summed E-state index contributed by atoms with van der Waals surface area (Å²) in [5, 5.41) is 9.20. The van der Waals surface area contributed by atoms with Crippen molar-refractivity contribution in [1.29, 1.82) is 0 Å². The SMILES string of the molecule is CC.CC(CC(C)(C)CC(=O)O)C1N(C)c2ccc(N(CCCl)CCCl)cc2N1C. The van der Waals surface area contributed by atoms with Gasteiger partial charge in [-0.15, -0.1) is 23.2 Å². The number of carboxylic acids is 1. The molecule has 0 amide bonds. The van der Waals surface area contributed by atoms with E-state index in [0.29, 0.717) is 17.7 Å². The van der Waals surface area contributed by atoms with E-state index in [0.717, 1.165) is 25.2 Å². The van der Waals surface area contributed by atoms with Crippen LogP contribution in [0.3, 0.4) is 0 Å². The van der Waals surface area contributed by atoms with E-state index in [1.54, 1.807) is 0 Å². The molecule has 30 heavy (non-hydrogen) atoms. The first-order chi connectivity index (χ1) is 14.1. The van der Waals surface area contributed by atoms with Crippen molar-refractivity contribution in [2.45, 2.75) is 53.6 Å². The van der Waals surface area contributed by atoms with Crippen LogP contribution in [0.15, 0.2) is 18.2 Å². The second-order valence-corrected chi connectivity index (χ2v) is 9.35. The fourth-order valence-corrected chi connectivity index (χ4v) is 5.04. The van der Waals surface area contributed by atoms with Crippen LogP contribution >= 0.6 is 23.2 Å². The average molecular weight is 460 g/mol. The maximum atomic E-state index is 11.2. The van der Waals surface area contributed by atoms with Crippen molar-refractivity contribution in [2.24, 2.45) is 11.3 Å². The van der Waals surface area contributed by atoms with Gasteiger partial charge in [-0.3, -0.25) is 4.79 Å². The van der Waals surface area contributed by atoms with Crippen LogP contribution in [-0.2, 0) is 4.79 Å². The van der Waals surface area contributed by atoms with E-state index in [2.05, 4.69) is 53.9 Å². The molecule has 0 aromatic heterocycles. The van der Waals surface area contributed by atoms with Crippen molar-refractivity contribution in [3.8, 4) is 0 Å². The van der Waals surface area contributed by atoms with E-state index in [-0.39, 0.29) is 18.0 Å². The quantitative estimate of drug-likeness (QED) is 0.452. The smallest absolute Gasteiger partial charge is 0.303 e. The number of anilines is 3. The van der Waals surface area contributed by atoms with Crippen LogP contribution in [0.25, 0.3) is 0 Å². The number of carboxylic acid groups (broad SMARTS) is 1. The predicted molar refractivity (Wildman–Crippen MR) is 132 cm³/mol. The summed E-state index contributed by atoms with van der Waals surface area (Å²) >= 11 is 11.9. The standard InChI is InChI=1S/C21H33Cl2N3O2.C2H6/c1-15(13-21(2,3)14-19(27)28)20-24(4)17-7-6-16(12-18(17)25(20)5)26(10-8-22)11-9-23;1-2/h6-7,12,15,20H,8-11,13-14H2,1-5H3,(H,27,28);1-2H3. The van der Waals surface area contributed by atoms with Crippen molar-refractivity contribution >= 4 is 46.2 Å². The van der Waals surface area contributed by atoms with Crippen LogP contribution in [-0.4, -0.2) is 56.2 Å². The molecule has 1 N–H and O–H groups in total. The summed E-state index contributed by atoms with van der Waals surface area (Å²) in [5.74, 6) is 0.684. The van der Waals surface area contributed by atoms with Gasteiger partial charge >= 0.3 is 5.97 Å². The zero-order valence-corrected chi connectivity index (χ0v) is 21.1. The Balaban J connectivity index is 0.00000218. The number of nitrogens with zero attached hydrogens (tertiary/aromatic N) is 3. The second-order valence-electron chi connectivity index (χ2n) is 8.59. The fraction of sp³-hybridized carbons (Fsp3) is 0.696. The molecule has 1 aromatic carbocycles. The molecule has 5 nitrogen and oxygen atoms in total. The van der Waals surface area contributed by atoms with Crippen molar-refractivity contribution in [3.63, 3.8) is 0 Å². The van der Waals surface area contributed by atoms with Gasteiger partial charge in [0.15, 0.2) is 0 Å². The Bertz CT molecular complexity index is 678. The number of benzene rings is 1. The lowest BCUT2D eigenvalue weighted by molar-refractivity contribution is -0.139. The Morgan fingerprint density at radius 3 is 2.17 bits per heavy atom. The van der Waals surface area contributed by atoms with Gasteiger partial charge in [0.1, 0.15) is 6.17 Å². The highest BCUT2D eigenvalue weighted by molar-refractivity contribution is 6.18. The molecular weight excluding hydrogens is 421 g/mol. The Morgan fingerprint density at radius 2 is 1.67 bits per heavy atom. The fourth-order valence-electron chi connectivity index (χ4n) is 4.63. The lowest BCUT2D eigenvalue weighted by Crippen LogP contribution is -2.45. The predicted octanol–water partition coefficient (Wildman–Crippen LogP) is 5.74. The number of aliphatic carboxylic acids is 1. The summed E-state index contributed by atoms with van der Waals surface area (Å²) in [5.41, 5.74) is 3.25. The van der Waals surface area contributed by atoms with Crippen LogP contribution in [0.5, 0.6) is 0 Å². The van der Waals surface area contributed by atoms with Gasteiger partial charge in [0, 0.05) is 44.6 Å². The summed E-state index contributed by atoms with van der Waals surface area (Å²) in [7, 11) is 4.23. The summed E-state index contributed by atoms with van der Waals surface area (Å²) < 4.78 is 0. The minimum Gasteiger partial charge on any atom is -0.481 e. The van der Waals surface area contributed by atoms with Gasteiger partial charge in [-0.25, -0.2) is 0 Å². The summed E-state index contributed by atoms with van der Waals surface area (Å²) in [6.07, 6.45) is 1.21. The molecule has 7 heteroatoms. The first kappa shape index (κ1) is 26.7. The van der Waals surface area contributed by atoms with E-state index in [1.807, 2.05) is 27.7 Å². The minimum absolute atomic E-state index is 0.181. The number of rotatable bonds is 10. The number of hydrogen-bond donors (Lipinski definition) is 1. The van der Waals surface area contributed by atoms with E-state index in [9.17, 15) is 9.90 Å². The molecule has 0 saturated heterocycles. The highest BCUT2D eigenvalue weighted by atomic mass is 35.5. The highest BCUT2D eigenvalue weighted by Crippen LogP contribution is 2.44. The molecule has 0 fully saturated rings. The first-order valence-electron chi connectivity index (χ1n) is 10.8. The number of alkyl halides is 2. The molecule has 1 heterocycles. The third kappa shape index (κ3) is 6.58. The van der Waals surface area contributed by atoms with Gasteiger partial charge in [0.2, 0.25) is 0 Å². The van der Waals surface area contributed by atoms with Crippen LogP contribution in [0.1, 0.15) is 47.5 Å². The van der Waals surface area contributed by atoms with Crippen molar-refractivity contribution in [2.75, 3.05) is 53.6 Å². The largest absolute Gasteiger partial charge is 0.481 e. The molecular formula is C23H39Cl2N3O2. The van der Waals surface area contributed by atoms with Crippen LogP contribution in [0.2, 0.25) is 0 Å². The molecule has 1 aromatic rings. The van der Waals surface area contributed by atoms with Crippen molar-refractivity contribution in [1.82, 2.24) is 0 Å². The van der Waals surface area contributed by atoms with Gasteiger partial charge in [0.25, 0.3) is 0 Å². The summed E-state index contributed by atoms with van der Waals surface area (Å²) in [6.45, 7) is 11.8. The molecule has 1 aliphatic rings. The zero-order chi connectivity index (χ0) is 23.1. The summed E-state index contributed by atoms with van der Waals surface area (Å²) in [4.78, 5) is 18.0. The van der Waals surface area contributed by atoms with E-state index in [4.69, 9.17) is 23.2 Å². The Labute approximate surface area is 192 Å². The number of fused-ring (bicyclic) bond motifs is 1. The van der Waals surface area contributed by atoms with Gasteiger partial charge in [-0.2, -0.15) is 0 Å². The Kier molecular flexibility index (Phi) is 10.6. The minimum atomic E-state index is -0.739. The Morgan fingerprint density at radius 1 is 1.13 bits per heavy atom. The molecule has 0 radical (unpaired) electrons. The molecule has 0 aliphatic carbocycles. The van der Waals surface area contributed by atoms with E-state index in [1.165, 1.54) is 11.4 Å². The third-order valence-corrected chi connectivity index (χ3v) is 5.94. The van der Waals surface area contributed by atoms with Crippen LogP contribution in [0, 0.1) is 11.3 Å². The third-order valence-electron chi connectivity index (χ3n) is 5.60. The van der Waals surface area contributed by atoms with Crippen molar-refractivity contribution in [3.05, 3.63) is 18.2 Å². The van der Waals surface area contributed by atoms with Gasteiger partial charge in [0.05, 0.1) is 17.8 Å². The molecule has 172 valence electrons. The molecule has 0 spiro atoms. The van der Waals surface area contributed by atoms with E-state index >= 15 is 0 Å². The van der Waals surface area contributed by atoms with Gasteiger partial charge < -0.3 is 19.8 Å². The molecule has 2 atom stereocenters. The highest BCUT2D eigenvalue weighted by Gasteiger charge is 2.38. The number of halogens is 2. The van der Waals surface area contributed by atoms with E-state index < -0.39 is 5.97 Å². The molecule has 0 saturated carbocycles. The van der Waals surface area contributed by atoms with Gasteiger partial charge in [-0.1, -0.05) is 34.6 Å². The lowest BCUT2D eigenvalue weighted by atomic mass is 9.79. The summed E-state index contributed by atoms with van der Waals surface area (Å²) in [6, 6.07) is 6.50. The molecule has 2 unspecified atom stereocenters. The first-order valence-corrected chi connectivity index (χ1v) is 11.9. The average Bonchev–Trinajstić information content (AvgIpc) is 2.92. The topological polar surface area (TPSA) is 47.0 Å². The van der Waals surface area contributed by atoms with Crippen LogP contribution in [0.4, 0.5) is 17.1 Å². The Hall–Kier alpha value is -1.33. The monoisotopic (exact) mass is 459 g/mol. The van der Waals surface area contributed by atoms with Crippen molar-refractivity contribution < 1.29 is 9.90 Å². The zero-order valence-electron chi connectivity index (χ0n) is 19.6. The lowest BCUT2D eigenvalue weighted by Gasteiger charge is -2.37. The van der Waals surface area contributed by atoms with Gasteiger partial charge in [-0.05, 0) is 36.0 Å². The molecule has 2 rings (SSSR count).